The molecular formula is C9H19NO2. The van der Waals surface area contributed by atoms with Gasteiger partial charge < -0.3 is 10.4 Å². The van der Waals surface area contributed by atoms with E-state index in [-0.39, 0.29) is 18.6 Å². The van der Waals surface area contributed by atoms with Gasteiger partial charge in [0, 0.05) is 19.1 Å². The van der Waals surface area contributed by atoms with Crippen molar-refractivity contribution < 1.29 is 9.90 Å². The van der Waals surface area contributed by atoms with E-state index in [1.807, 2.05) is 13.8 Å². The number of unbranched alkanes of at least 4 members (excludes halogenated alkanes) is 1. The second kappa shape index (κ2) is 7.10. The molecule has 0 heterocycles. The Kier molecular flexibility index (Phi) is 6.76. The highest BCUT2D eigenvalue weighted by Crippen LogP contribution is 1.95. The van der Waals surface area contributed by atoms with Crippen LogP contribution >= 0.6 is 0 Å². The first-order valence-corrected chi connectivity index (χ1v) is 4.61. The Morgan fingerprint density at radius 1 is 1.50 bits per heavy atom. The highest BCUT2D eigenvalue weighted by Gasteiger charge is 2.03. The van der Waals surface area contributed by atoms with E-state index < -0.39 is 0 Å². The maximum Gasteiger partial charge on any atom is 0.220 e. The van der Waals surface area contributed by atoms with Gasteiger partial charge in [-0.1, -0.05) is 6.92 Å². The van der Waals surface area contributed by atoms with Crippen molar-refractivity contribution in [1.82, 2.24) is 5.32 Å². The van der Waals surface area contributed by atoms with Crippen molar-refractivity contribution >= 4 is 5.91 Å². The second-order valence-electron chi connectivity index (χ2n) is 3.06. The number of aliphatic hydroxyl groups excluding tert-OH is 1. The lowest BCUT2D eigenvalue weighted by Crippen LogP contribution is -2.31. The lowest BCUT2D eigenvalue weighted by molar-refractivity contribution is -0.121. The molecule has 0 saturated heterocycles. The maximum absolute atomic E-state index is 11.1. The van der Waals surface area contributed by atoms with E-state index in [9.17, 15) is 4.79 Å². The van der Waals surface area contributed by atoms with Gasteiger partial charge in [0.2, 0.25) is 5.91 Å². The van der Waals surface area contributed by atoms with E-state index in [4.69, 9.17) is 5.11 Å². The molecule has 0 saturated carbocycles. The van der Waals surface area contributed by atoms with Crippen LogP contribution in [0.4, 0.5) is 0 Å². The van der Waals surface area contributed by atoms with Crippen LogP contribution in [0.5, 0.6) is 0 Å². The number of carbonyl (C=O) groups excluding carboxylic acids is 1. The Labute approximate surface area is 74.2 Å². The predicted molar refractivity (Wildman–Crippen MR) is 48.8 cm³/mol. The first kappa shape index (κ1) is 11.4. The van der Waals surface area contributed by atoms with E-state index in [2.05, 4.69) is 5.32 Å². The van der Waals surface area contributed by atoms with Gasteiger partial charge >= 0.3 is 0 Å². The summed E-state index contributed by atoms with van der Waals surface area (Å²) in [4.78, 5) is 11.1. The second-order valence-corrected chi connectivity index (χ2v) is 3.06. The Balaban J connectivity index is 3.33. The first-order valence-electron chi connectivity index (χ1n) is 4.61. The summed E-state index contributed by atoms with van der Waals surface area (Å²) in [5, 5.41) is 11.3. The number of amides is 1. The summed E-state index contributed by atoms with van der Waals surface area (Å²) in [5.74, 6) is 0.0952. The molecule has 0 spiro atoms. The van der Waals surface area contributed by atoms with E-state index >= 15 is 0 Å². The summed E-state index contributed by atoms with van der Waals surface area (Å²) in [7, 11) is 0. The van der Waals surface area contributed by atoms with Crippen LogP contribution in [0.3, 0.4) is 0 Å². The van der Waals surface area contributed by atoms with E-state index in [1.165, 1.54) is 0 Å². The molecular weight excluding hydrogens is 154 g/mol. The minimum atomic E-state index is 0.0952. The summed E-state index contributed by atoms with van der Waals surface area (Å²) < 4.78 is 0. The van der Waals surface area contributed by atoms with Crippen molar-refractivity contribution in [3.8, 4) is 0 Å². The SMILES string of the molecule is CCC(C)NC(=O)CCCCO. The lowest BCUT2D eigenvalue weighted by atomic mass is 10.2. The van der Waals surface area contributed by atoms with Gasteiger partial charge in [-0.2, -0.15) is 0 Å². The van der Waals surface area contributed by atoms with Crippen molar-refractivity contribution in [3.05, 3.63) is 0 Å². The van der Waals surface area contributed by atoms with Crippen LogP contribution in [0.25, 0.3) is 0 Å². The number of carbonyl (C=O) groups is 1. The molecule has 0 radical (unpaired) electrons. The number of rotatable bonds is 6. The molecule has 1 amide bonds. The Morgan fingerprint density at radius 3 is 2.67 bits per heavy atom. The minimum Gasteiger partial charge on any atom is -0.396 e. The molecule has 0 aromatic rings. The summed E-state index contributed by atoms with van der Waals surface area (Å²) in [6.45, 7) is 4.21. The quantitative estimate of drug-likeness (QED) is 0.590. The number of nitrogens with one attached hydrogen (secondary N) is 1. The Bertz CT molecular complexity index is 126. The summed E-state index contributed by atoms with van der Waals surface area (Å²) in [6.07, 6.45) is 2.99. The zero-order valence-corrected chi connectivity index (χ0v) is 7.97. The fourth-order valence-electron chi connectivity index (χ4n) is 0.846. The molecule has 0 aromatic heterocycles. The number of aliphatic hydroxyl groups is 1. The highest BCUT2D eigenvalue weighted by atomic mass is 16.2. The summed E-state index contributed by atoms with van der Waals surface area (Å²) in [5.41, 5.74) is 0. The summed E-state index contributed by atoms with van der Waals surface area (Å²) in [6, 6.07) is 0.270. The minimum absolute atomic E-state index is 0.0952. The van der Waals surface area contributed by atoms with Crippen LogP contribution in [0.2, 0.25) is 0 Å². The number of hydrogen-bond acceptors (Lipinski definition) is 2. The molecule has 2 N–H and O–H groups in total. The van der Waals surface area contributed by atoms with Gasteiger partial charge in [0.1, 0.15) is 0 Å². The molecule has 0 bridgehead atoms. The van der Waals surface area contributed by atoms with Gasteiger partial charge in [-0.25, -0.2) is 0 Å². The van der Waals surface area contributed by atoms with E-state index in [0.717, 1.165) is 12.8 Å². The van der Waals surface area contributed by atoms with E-state index in [1.54, 1.807) is 0 Å². The van der Waals surface area contributed by atoms with Crippen molar-refractivity contribution in [2.45, 2.75) is 45.6 Å². The molecule has 1 atom stereocenters. The van der Waals surface area contributed by atoms with Crippen LogP contribution < -0.4 is 5.32 Å². The Hall–Kier alpha value is -0.570. The van der Waals surface area contributed by atoms with Crippen LogP contribution in [0.1, 0.15) is 39.5 Å². The van der Waals surface area contributed by atoms with Crippen LogP contribution in [-0.2, 0) is 4.79 Å². The van der Waals surface area contributed by atoms with Crippen molar-refractivity contribution in [2.24, 2.45) is 0 Å². The zero-order valence-electron chi connectivity index (χ0n) is 7.97. The zero-order chi connectivity index (χ0) is 9.40. The van der Waals surface area contributed by atoms with Gasteiger partial charge in [-0.3, -0.25) is 4.79 Å². The number of hydrogen-bond donors (Lipinski definition) is 2. The third kappa shape index (κ3) is 6.16. The average Bonchev–Trinajstić information content (AvgIpc) is 2.05. The molecule has 1 unspecified atom stereocenters. The fraction of sp³-hybridized carbons (Fsp3) is 0.889. The predicted octanol–water partition coefficient (Wildman–Crippen LogP) is 1.06. The molecule has 72 valence electrons. The van der Waals surface area contributed by atoms with Crippen LogP contribution in [-0.4, -0.2) is 23.7 Å². The topological polar surface area (TPSA) is 49.3 Å². The average molecular weight is 173 g/mol. The van der Waals surface area contributed by atoms with E-state index in [0.29, 0.717) is 12.8 Å². The van der Waals surface area contributed by atoms with Crippen molar-refractivity contribution in [3.63, 3.8) is 0 Å². The molecule has 0 fully saturated rings. The molecule has 0 aliphatic carbocycles. The normalized spacial score (nSPS) is 12.6. The Morgan fingerprint density at radius 2 is 2.17 bits per heavy atom. The third-order valence-corrected chi connectivity index (χ3v) is 1.83. The van der Waals surface area contributed by atoms with Crippen LogP contribution in [0, 0.1) is 0 Å². The molecule has 0 rings (SSSR count). The lowest BCUT2D eigenvalue weighted by Gasteiger charge is -2.10. The standard InChI is InChI=1S/C9H19NO2/c1-3-8(2)10-9(12)6-4-5-7-11/h8,11H,3-7H2,1-2H3,(H,10,12). The van der Waals surface area contributed by atoms with Gasteiger partial charge in [-0.05, 0) is 26.2 Å². The van der Waals surface area contributed by atoms with Crippen LogP contribution in [0.15, 0.2) is 0 Å². The molecule has 3 heteroatoms. The molecule has 0 aliphatic rings. The third-order valence-electron chi connectivity index (χ3n) is 1.83. The van der Waals surface area contributed by atoms with Gasteiger partial charge in [0.15, 0.2) is 0 Å². The van der Waals surface area contributed by atoms with Gasteiger partial charge in [-0.15, -0.1) is 0 Å². The maximum atomic E-state index is 11.1. The monoisotopic (exact) mass is 173 g/mol. The largest absolute Gasteiger partial charge is 0.396 e. The fourth-order valence-corrected chi connectivity index (χ4v) is 0.846. The van der Waals surface area contributed by atoms with Crippen molar-refractivity contribution in [2.75, 3.05) is 6.61 Å². The highest BCUT2D eigenvalue weighted by molar-refractivity contribution is 5.76. The molecule has 0 aromatic carbocycles. The molecule has 0 aliphatic heterocycles. The first-order chi connectivity index (χ1) is 5.70. The summed E-state index contributed by atoms with van der Waals surface area (Å²) >= 11 is 0. The van der Waals surface area contributed by atoms with Gasteiger partial charge in [0.05, 0.1) is 0 Å². The smallest absolute Gasteiger partial charge is 0.220 e. The molecule has 12 heavy (non-hydrogen) atoms. The molecule has 3 nitrogen and oxygen atoms in total. The van der Waals surface area contributed by atoms with Gasteiger partial charge in [0.25, 0.3) is 0 Å². The van der Waals surface area contributed by atoms with Crippen molar-refractivity contribution in [1.29, 1.82) is 0 Å².